The van der Waals surface area contributed by atoms with Crippen molar-refractivity contribution in [2.24, 2.45) is 22.7 Å². The molecule has 3 nitrogen and oxygen atoms in total. The largest absolute Gasteiger partial charge is 0.373 e. The van der Waals surface area contributed by atoms with Gasteiger partial charge in [-0.25, -0.2) is 0 Å². The average molecular weight is 357 g/mol. The summed E-state index contributed by atoms with van der Waals surface area (Å²) in [6.45, 7) is 8.90. The molecule has 3 rings (SSSR count). The van der Waals surface area contributed by atoms with Crippen molar-refractivity contribution in [1.29, 1.82) is 0 Å². The van der Waals surface area contributed by atoms with E-state index in [4.69, 9.17) is 4.74 Å². The highest BCUT2D eigenvalue weighted by Gasteiger charge is 2.57. The number of ketones is 2. The second kappa shape index (κ2) is 7.26. The second-order valence-electron chi connectivity index (χ2n) is 9.16. The van der Waals surface area contributed by atoms with Crippen molar-refractivity contribution < 1.29 is 14.3 Å². The zero-order valence-electron chi connectivity index (χ0n) is 16.6. The summed E-state index contributed by atoms with van der Waals surface area (Å²) >= 11 is 0. The highest BCUT2D eigenvalue weighted by molar-refractivity contribution is 5.91. The quantitative estimate of drug-likeness (QED) is 0.748. The van der Waals surface area contributed by atoms with Crippen LogP contribution in [0.4, 0.5) is 0 Å². The van der Waals surface area contributed by atoms with E-state index in [0.29, 0.717) is 24.7 Å². The van der Waals surface area contributed by atoms with Gasteiger partial charge in [-0.2, -0.15) is 0 Å². The van der Waals surface area contributed by atoms with Gasteiger partial charge < -0.3 is 9.53 Å². The molecule has 4 atom stereocenters. The Morgan fingerprint density at radius 1 is 1.12 bits per heavy atom. The zero-order chi connectivity index (χ0) is 18.9. The first-order valence-electron chi connectivity index (χ1n) is 9.94. The summed E-state index contributed by atoms with van der Waals surface area (Å²) in [5.74, 6) is 0.689. The van der Waals surface area contributed by atoms with E-state index in [2.05, 4.69) is 32.9 Å². The molecule has 26 heavy (non-hydrogen) atoms. The predicted octanol–water partition coefficient (Wildman–Crippen LogP) is 4.97. The van der Waals surface area contributed by atoms with Gasteiger partial charge in [-0.3, -0.25) is 4.79 Å². The van der Waals surface area contributed by atoms with E-state index in [1.807, 2.05) is 18.2 Å². The molecular weight excluding hydrogens is 324 g/mol. The average Bonchev–Trinajstić information content (AvgIpc) is 2.58. The Bertz CT molecular complexity index is 663. The molecule has 142 valence electrons. The van der Waals surface area contributed by atoms with Crippen LogP contribution in [-0.2, 0) is 20.9 Å². The van der Waals surface area contributed by atoms with Gasteiger partial charge in [-0.05, 0) is 49.5 Å². The minimum Gasteiger partial charge on any atom is -0.373 e. The third kappa shape index (κ3) is 3.51. The Morgan fingerprint density at radius 2 is 1.81 bits per heavy atom. The summed E-state index contributed by atoms with van der Waals surface area (Å²) in [7, 11) is 0. The van der Waals surface area contributed by atoms with Crippen molar-refractivity contribution in [2.45, 2.75) is 72.5 Å². The molecule has 0 spiro atoms. The first-order valence-corrected chi connectivity index (χ1v) is 9.94. The summed E-state index contributed by atoms with van der Waals surface area (Å²) in [5.41, 5.74) is 0.838. The molecule has 2 aliphatic carbocycles. The van der Waals surface area contributed by atoms with Crippen molar-refractivity contribution in [3.63, 3.8) is 0 Å². The minimum atomic E-state index is -0.311. The standard InChI is InChI=1S/C23H32O3/c1-16(24)14-18-10-11-19-22(2,3)20(12-13-23(19,4)21(18)25)26-15-17-8-6-5-7-9-17/h5-9,18-20H,10-15H2,1-4H3/t18-,19?,20-,23-/m0/s1. The van der Waals surface area contributed by atoms with Gasteiger partial charge in [0.25, 0.3) is 0 Å². The van der Waals surface area contributed by atoms with E-state index < -0.39 is 0 Å². The molecule has 3 heteroatoms. The fourth-order valence-corrected chi connectivity index (χ4v) is 5.58. The van der Waals surface area contributed by atoms with Crippen LogP contribution in [0.15, 0.2) is 30.3 Å². The van der Waals surface area contributed by atoms with Gasteiger partial charge in [0.15, 0.2) is 0 Å². The molecule has 0 aromatic heterocycles. The molecule has 0 N–H and O–H groups in total. The summed E-state index contributed by atoms with van der Waals surface area (Å²) in [6.07, 6.45) is 4.21. The first-order chi connectivity index (χ1) is 12.2. The van der Waals surface area contributed by atoms with Crippen LogP contribution < -0.4 is 0 Å². The van der Waals surface area contributed by atoms with Crippen molar-refractivity contribution in [3.05, 3.63) is 35.9 Å². The van der Waals surface area contributed by atoms with Gasteiger partial charge >= 0.3 is 0 Å². The van der Waals surface area contributed by atoms with Crippen LogP contribution in [-0.4, -0.2) is 17.7 Å². The van der Waals surface area contributed by atoms with Crippen molar-refractivity contribution in [2.75, 3.05) is 0 Å². The Kier molecular flexibility index (Phi) is 5.39. The smallest absolute Gasteiger partial charge is 0.142 e. The van der Waals surface area contributed by atoms with Gasteiger partial charge in [0.2, 0.25) is 0 Å². The van der Waals surface area contributed by atoms with Gasteiger partial charge in [-0.15, -0.1) is 0 Å². The Labute approximate surface area is 157 Å². The van der Waals surface area contributed by atoms with Gasteiger partial charge in [0.05, 0.1) is 12.7 Å². The number of fused-ring (bicyclic) bond motifs is 1. The lowest BCUT2D eigenvalue weighted by molar-refractivity contribution is -0.170. The van der Waals surface area contributed by atoms with Crippen LogP contribution in [0.1, 0.15) is 65.4 Å². The number of benzene rings is 1. The topological polar surface area (TPSA) is 43.4 Å². The van der Waals surface area contributed by atoms with Crippen LogP contribution in [0.25, 0.3) is 0 Å². The molecule has 2 saturated carbocycles. The maximum Gasteiger partial charge on any atom is 0.142 e. The van der Waals surface area contributed by atoms with Crippen molar-refractivity contribution in [3.8, 4) is 0 Å². The molecule has 0 heterocycles. The third-order valence-electron chi connectivity index (χ3n) is 6.99. The lowest BCUT2D eigenvalue weighted by Crippen LogP contribution is -2.57. The first kappa shape index (κ1) is 19.3. The molecular formula is C23H32O3. The van der Waals surface area contributed by atoms with E-state index in [1.165, 1.54) is 5.56 Å². The van der Waals surface area contributed by atoms with E-state index in [9.17, 15) is 9.59 Å². The van der Waals surface area contributed by atoms with E-state index in [1.54, 1.807) is 6.92 Å². The van der Waals surface area contributed by atoms with Crippen LogP contribution in [0.3, 0.4) is 0 Å². The molecule has 0 saturated heterocycles. The number of hydrogen-bond donors (Lipinski definition) is 0. The molecule has 0 aliphatic heterocycles. The molecule has 1 unspecified atom stereocenters. The fraction of sp³-hybridized carbons (Fsp3) is 0.652. The lowest BCUT2D eigenvalue weighted by atomic mass is 9.48. The Morgan fingerprint density at radius 3 is 2.46 bits per heavy atom. The normalized spacial score (nSPS) is 33.5. The molecule has 1 aromatic carbocycles. The number of Topliss-reactive ketones (excluding diaryl/α,β-unsaturated/α-hetero) is 2. The van der Waals surface area contributed by atoms with Crippen molar-refractivity contribution >= 4 is 11.6 Å². The van der Waals surface area contributed by atoms with E-state index in [-0.39, 0.29) is 28.6 Å². The SMILES string of the molecule is CC(=O)C[C@@H]1CCC2C(C)(C)[C@@H](OCc3ccccc3)CC[C@]2(C)C1=O. The van der Waals surface area contributed by atoms with Crippen LogP contribution >= 0.6 is 0 Å². The Hall–Kier alpha value is -1.48. The number of carbonyl (C=O) groups is 2. The van der Waals surface area contributed by atoms with Crippen LogP contribution in [0.5, 0.6) is 0 Å². The maximum atomic E-state index is 13.2. The molecule has 0 radical (unpaired) electrons. The highest BCUT2D eigenvalue weighted by atomic mass is 16.5. The van der Waals surface area contributed by atoms with E-state index >= 15 is 0 Å². The molecule has 0 amide bonds. The summed E-state index contributed by atoms with van der Waals surface area (Å²) in [6, 6.07) is 10.3. The fourth-order valence-electron chi connectivity index (χ4n) is 5.58. The lowest BCUT2D eigenvalue weighted by Gasteiger charge is -2.56. The van der Waals surface area contributed by atoms with Crippen LogP contribution in [0, 0.1) is 22.7 Å². The van der Waals surface area contributed by atoms with Gasteiger partial charge in [0.1, 0.15) is 11.6 Å². The predicted molar refractivity (Wildman–Crippen MR) is 103 cm³/mol. The second-order valence-corrected chi connectivity index (χ2v) is 9.16. The number of carbonyl (C=O) groups excluding carboxylic acids is 2. The highest BCUT2D eigenvalue weighted by Crippen LogP contribution is 2.58. The maximum absolute atomic E-state index is 13.2. The molecule has 0 bridgehead atoms. The molecule has 2 fully saturated rings. The molecule has 1 aromatic rings. The summed E-state index contributed by atoms with van der Waals surface area (Å²) in [4.78, 5) is 24.7. The zero-order valence-corrected chi connectivity index (χ0v) is 16.6. The monoisotopic (exact) mass is 356 g/mol. The Balaban J connectivity index is 1.73. The third-order valence-corrected chi connectivity index (χ3v) is 6.99. The minimum absolute atomic E-state index is 0.0430. The summed E-state index contributed by atoms with van der Waals surface area (Å²) in [5, 5.41) is 0. The van der Waals surface area contributed by atoms with E-state index in [0.717, 1.165) is 25.7 Å². The number of hydrogen-bond acceptors (Lipinski definition) is 3. The van der Waals surface area contributed by atoms with Crippen molar-refractivity contribution in [1.82, 2.24) is 0 Å². The molecule has 2 aliphatic rings. The van der Waals surface area contributed by atoms with Gasteiger partial charge in [-0.1, -0.05) is 51.1 Å². The number of rotatable bonds is 5. The van der Waals surface area contributed by atoms with Crippen LogP contribution in [0.2, 0.25) is 0 Å². The number of ether oxygens (including phenoxy) is 1. The van der Waals surface area contributed by atoms with Gasteiger partial charge in [0, 0.05) is 17.8 Å². The summed E-state index contributed by atoms with van der Waals surface area (Å²) < 4.78 is 6.34.